The minimum absolute atomic E-state index is 0.0168. The third kappa shape index (κ3) is 3.51. The molecule has 0 N–H and O–H groups in total. The zero-order valence-corrected chi connectivity index (χ0v) is 17.9. The smallest absolute Gasteiger partial charge is 0.241 e. The average Bonchev–Trinajstić information content (AvgIpc) is 3.26. The lowest BCUT2D eigenvalue weighted by Crippen LogP contribution is -2.61. The Morgan fingerprint density at radius 3 is 2.52 bits per heavy atom. The number of ether oxygens (including phenoxy) is 2. The van der Waals surface area contributed by atoms with Crippen LogP contribution in [0.5, 0.6) is 11.5 Å². The van der Waals surface area contributed by atoms with Crippen LogP contribution >= 0.6 is 15.9 Å². The number of hydrogen-bond donors (Lipinski definition) is 0. The minimum Gasteiger partial charge on any atom is -0.454 e. The van der Waals surface area contributed by atoms with Gasteiger partial charge in [0.05, 0.1) is 24.1 Å². The molecule has 2 aromatic rings. The molecule has 0 aromatic heterocycles. The quantitative estimate of drug-likeness (QED) is 0.672. The van der Waals surface area contributed by atoms with Gasteiger partial charge in [0, 0.05) is 22.7 Å². The average molecular weight is 479 g/mol. The van der Waals surface area contributed by atoms with Crippen molar-refractivity contribution in [2.45, 2.75) is 18.6 Å². The van der Waals surface area contributed by atoms with Crippen LogP contribution in [0.1, 0.15) is 5.56 Å². The van der Waals surface area contributed by atoms with E-state index in [1.54, 1.807) is 4.90 Å². The van der Waals surface area contributed by atoms with Gasteiger partial charge < -0.3 is 14.4 Å². The maximum atomic E-state index is 13.1. The van der Waals surface area contributed by atoms with Crippen molar-refractivity contribution >= 4 is 37.4 Å². The zero-order chi connectivity index (χ0) is 20.2. The summed E-state index contributed by atoms with van der Waals surface area (Å²) >= 11 is 3.40. The van der Waals surface area contributed by atoms with Gasteiger partial charge >= 0.3 is 0 Å². The third-order valence-corrected chi connectivity index (χ3v) is 7.86. The number of halogens is 1. The fourth-order valence-corrected chi connectivity index (χ4v) is 6.59. The molecule has 0 spiro atoms. The van der Waals surface area contributed by atoms with Crippen molar-refractivity contribution in [3.8, 4) is 11.5 Å². The number of hydrogen-bond acceptors (Lipinski definition) is 6. The molecule has 0 aliphatic carbocycles. The highest BCUT2D eigenvalue weighted by molar-refractivity contribution is 9.10. The zero-order valence-electron chi connectivity index (χ0n) is 15.5. The van der Waals surface area contributed by atoms with Gasteiger partial charge in [-0.05, 0) is 42.0 Å². The molecular formula is C20H19BrN2O5S. The number of amides is 1. The number of fused-ring (bicyclic) bond motifs is 2. The van der Waals surface area contributed by atoms with E-state index in [0.29, 0.717) is 18.0 Å². The van der Waals surface area contributed by atoms with Crippen molar-refractivity contribution in [3.63, 3.8) is 0 Å². The van der Waals surface area contributed by atoms with Gasteiger partial charge in [-0.25, -0.2) is 8.42 Å². The normalized spacial score (nSPS) is 25.3. The molecule has 0 saturated carbocycles. The summed E-state index contributed by atoms with van der Waals surface area (Å²) in [5, 5.41) is 0. The molecule has 2 saturated heterocycles. The Morgan fingerprint density at radius 2 is 1.72 bits per heavy atom. The molecule has 5 rings (SSSR count). The molecule has 1 amide bonds. The summed E-state index contributed by atoms with van der Waals surface area (Å²) in [5.41, 5.74) is 1.69. The summed E-state index contributed by atoms with van der Waals surface area (Å²) in [6.45, 7) is 0.848. The second-order valence-electron chi connectivity index (χ2n) is 7.54. The SMILES string of the molecule is O=C1CN(Cc2ccc3c(c2)OCO3)[C@H]2CS(=O)(=O)C[C@H]2N1c1ccc(Br)cc1. The molecule has 2 atom stereocenters. The van der Waals surface area contributed by atoms with Gasteiger partial charge in [-0.2, -0.15) is 0 Å². The van der Waals surface area contributed by atoms with Crippen LogP contribution in [0.15, 0.2) is 46.9 Å². The maximum absolute atomic E-state index is 13.1. The summed E-state index contributed by atoms with van der Waals surface area (Å²) in [5.74, 6) is 1.33. The Kier molecular flexibility index (Phi) is 4.56. The van der Waals surface area contributed by atoms with Crippen LogP contribution in [0.2, 0.25) is 0 Å². The summed E-state index contributed by atoms with van der Waals surface area (Å²) in [6.07, 6.45) is 0. The highest BCUT2D eigenvalue weighted by Crippen LogP contribution is 2.35. The van der Waals surface area contributed by atoms with Gasteiger partial charge in [-0.15, -0.1) is 0 Å². The van der Waals surface area contributed by atoms with E-state index in [9.17, 15) is 13.2 Å². The van der Waals surface area contributed by atoms with Gasteiger partial charge in [0.15, 0.2) is 21.3 Å². The van der Waals surface area contributed by atoms with E-state index in [2.05, 4.69) is 15.9 Å². The number of anilines is 1. The van der Waals surface area contributed by atoms with Gasteiger partial charge in [0.2, 0.25) is 12.7 Å². The summed E-state index contributed by atoms with van der Waals surface area (Å²) in [7, 11) is -3.23. The van der Waals surface area contributed by atoms with Crippen molar-refractivity contribution in [3.05, 3.63) is 52.5 Å². The molecule has 7 nitrogen and oxygen atoms in total. The van der Waals surface area contributed by atoms with Crippen molar-refractivity contribution in [1.29, 1.82) is 0 Å². The number of nitrogens with zero attached hydrogens (tertiary/aromatic N) is 2. The second kappa shape index (κ2) is 7.00. The molecule has 3 aliphatic rings. The number of rotatable bonds is 3. The van der Waals surface area contributed by atoms with Gasteiger partial charge in [0.25, 0.3) is 0 Å². The van der Waals surface area contributed by atoms with Crippen molar-refractivity contribution < 1.29 is 22.7 Å². The largest absolute Gasteiger partial charge is 0.454 e. The van der Waals surface area contributed by atoms with Crippen LogP contribution in [0, 0.1) is 0 Å². The molecule has 2 fully saturated rings. The first-order valence-electron chi connectivity index (χ1n) is 9.30. The number of carbonyl (C=O) groups is 1. The van der Waals surface area contributed by atoms with Crippen molar-refractivity contribution in [1.82, 2.24) is 4.90 Å². The minimum atomic E-state index is -3.23. The first-order chi connectivity index (χ1) is 13.9. The van der Waals surface area contributed by atoms with E-state index in [4.69, 9.17) is 9.47 Å². The molecule has 9 heteroatoms. The molecule has 0 unspecified atom stereocenters. The first-order valence-corrected chi connectivity index (χ1v) is 11.9. The lowest BCUT2D eigenvalue weighted by Gasteiger charge is -2.43. The van der Waals surface area contributed by atoms with Crippen LogP contribution in [-0.2, 0) is 21.2 Å². The van der Waals surface area contributed by atoms with Crippen LogP contribution in [0.3, 0.4) is 0 Å². The van der Waals surface area contributed by atoms with E-state index in [1.165, 1.54) is 0 Å². The molecule has 3 heterocycles. The molecule has 152 valence electrons. The van der Waals surface area contributed by atoms with E-state index in [0.717, 1.165) is 15.7 Å². The number of carbonyl (C=O) groups excluding carboxylic acids is 1. The highest BCUT2D eigenvalue weighted by Gasteiger charge is 2.49. The fraction of sp³-hybridized carbons (Fsp3) is 0.350. The summed E-state index contributed by atoms with van der Waals surface area (Å²) in [4.78, 5) is 16.7. The van der Waals surface area contributed by atoms with E-state index in [-0.39, 0.29) is 36.8 Å². The topological polar surface area (TPSA) is 76.1 Å². The van der Waals surface area contributed by atoms with E-state index < -0.39 is 15.9 Å². The standard InChI is InChI=1S/C20H19BrN2O5S/c21-14-2-4-15(5-3-14)23-17-11-29(25,26)10-16(17)22(9-20(23)24)8-13-1-6-18-19(7-13)28-12-27-18/h1-7,16-17H,8-12H2/t16-,17+/m0/s1. The Labute approximate surface area is 177 Å². The fourth-order valence-electron chi connectivity index (χ4n) is 4.34. The number of piperazine rings is 1. The Bertz CT molecular complexity index is 1070. The molecule has 0 radical (unpaired) electrons. The van der Waals surface area contributed by atoms with Gasteiger partial charge in [-0.3, -0.25) is 9.69 Å². The van der Waals surface area contributed by atoms with Crippen LogP contribution in [-0.4, -0.2) is 56.2 Å². The van der Waals surface area contributed by atoms with Crippen LogP contribution < -0.4 is 14.4 Å². The molecule has 2 aromatic carbocycles. The molecule has 0 bridgehead atoms. The Balaban J connectivity index is 1.45. The first kappa shape index (κ1) is 18.9. The van der Waals surface area contributed by atoms with Crippen LogP contribution in [0.25, 0.3) is 0 Å². The Hall–Kier alpha value is -2.10. The predicted molar refractivity (Wildman–Crippen MR) is 111 cm³/mol. The van der Waals surface area contributed by atoms with Crippen molar-refractivity contribution in [2.24, 2.45) is 0 Å². The molecule has 29 heavy (non-hydrogen) atoms. The molecule has 3 aliphatic heterocycles. The van der Waals surface area contributed by atoms with Gasteiger partial charge in [0.1, 0.15) is 0 Å². The van der Waals surface area contributed by atoms with Crippen molar-refractivity contribution in [2.75, 3.05) is 29.7 Å². The number of sulfone groups is 1. The Morgan fingerprint density at radius 1 is 1.00 bits per heavy atom. The van der Waals surface area contributed by atoms with Gasteiger partial charge in [-0.1, -0.05) is 22.0 Å². The van der Waals surface area contributed by atoms with E-state index >= 15 is 0 Å². The third-order valence-electron chi connectivity index (χ3n) is 5.63. The summed E-state index contributed by atoms with van der Waals surface area (Å²) < 4.78 is 36.6. The predicted octanol–water partition coefficient (Wildman–Crippen LogP) is 2.19. The maximum Gasteiger partial charge on any atom is 0.241 e. The summed E-state index contributed by atoms with van der Waals surface area (Å²) in [6, 6.07) is 12.4. The monoisotopic (exact) mass is 478 g/mol. The lowest BCUT2D eigenvalue weighted by atomic mass is 10.0. The van der Waals surface area contributed by atoms with E-state index in [1.807, 2.05) is 47.4 Å². The molecular weight excluding hydrogens is 460 g/mol. The highest BCUT2D eigenvalue weighted by atomic mass is 79.9. The second-order valence-corrected chi connectivity index (χ2v) is 10.6. The lowest BCUT2D eigenvalue weighted by molar-refractivity contribution is -0.123. The number of benzene rings is 2. The van der Waals surface area contributed by atoms with Crippen LogP contribution in [0.4, 0.5) is 5.69 Å².